The fourth-order valence-corrected chi connectivity index (χ4v) is 0.950. The number of rotatable bonds is 0. The van der Waals surface area contributed by atoms with E-state index in [1.54, 1.807) is 0 Å². The Labute approximate surface area is 42.7 Å². The van der Waals surface area contributed by atoms with Crippen LogP contribution in [-0.4, -0.2) is 11.0 Å². The molecule has 2 heteroatoms. The van der Waals surface area contributed by atoms with E-state index in [-0.39, 0.29) is 0 Å². The molecule has 0 radical (unpaired) electrons. The van der Waals surface area contributed by atoms with Gasteiger partial charge in [0.15, 0.2) is 0 Å². The molecule has 0 atom stereocenters. The zero-order chi connectivity index (χ0) is 4.57. The number of nitrogens with one attached hydrogen (secondary N) is 1. The van der Waals surface area contributed by atoms with E-state index in [1.165, 1.54) is 0 Å². The van der Waals surface area contributed by atoms with Crippen LogP contribution in [0, 0.1) is 5.41 Å². The van der Waals surface area contributed by atoms with Gasteiger partial charge in [0.1, 0.15) is 0 Å². The SMILES string of the molecule is N=C1CC(S)C1. The van der Waals surface area contributed by atoms with Gasteiger partial charge in [-0.05, 0) is 12.8 Å². The lowest BCUT2D eigenvalue weighted by molar-refractivity contribution is 0.822. The second kappa shape index (κ2) is 1.26. The summed E-state index contributed by atoms with van der Waals surface area (Å²) in [4.78, 5) is 0. The summed E-state index contributed by atoms with van der Waals surface area (Å²) in [5.41, 5.74) is 0.856. The van der Waals surface area contributed by atoms with E-state index < -0.39 is 0 Å². The Bertz CT molecular complexity index is 71.6. The molecule has 1 aliphatic rings. The molecule has 1 rings (SSSR count). The molecule has 0 aliphatic heterocycles. The molecule has 1 saturated carbocycles. The maximum Gasteiger partial charge on any atom is 0.0121 e. The highest BCUT2D eigenvalue weighted by Gasteiger charge is 2.17. The third kappa shape index (κ3) is 0.570. The van der Waals surface area contributed by atoms with Gasteiger partial charge in [0.05, 0.1) is 0 Å². The average molecular weight is 101 g/mol. The van der Waals surface area contributed by atoms with E-state index in [2.05, 4.69) is 12.6 Å². The number of hydrogen-bond donors (Lipinski definition) is 2. The third-order valence-corrected chi connectivity index (χ3v) is 1.33. The van der Waals surface area contributed by atoms with Crippen LogP contribution in [0.15, 0.2) is 0 Å². The van der Waals surface area contributed by atoms with Gasteiger partial charge < -0.3 is 5.41 Å². The minimum atomic E-state index is 0.512. The van der Waals surface area contributed by atoms with Crippen LogP contribution in [0.25, 0.3) is 0 Å². The van der Waals surface area contributed by atoms with Crippen LogP contribution >= 0.6 is 12.6 Å². The summed E-state index contributed by atoms with van der Waals surface area (Å²) in [5.74, 6) is 0. The van der Waals surface area contributed by atoms with Gasteiger partial charge in [-0.25, -0.2) is 0 Å². The van der Waals surface area contributed by atoms with Gasteiger partial charge in [0, 0.05) is 11.0 Å². The first-order chi connectivity index (χ1) is 2.79. The summed E-state index contributed by atoms with van der Waals surface area (Å²) >= 11 is 4.10. The molecule has 0 aromatic heterocycles. The van der Waals surface area contributed by atoms with Crippen LogP contribution in [0.3, 0.4) is 0 Å². The Kier molecular flexibility index (Phi) is 0.880. The summed E-state index contributed by atoms with van der Waals surface area (Å²) in [5, 5.41) is 7.42. The lowest BCUT2D eigenvalue weighted by atomic mass is 9.97. The van der Waals surface area contributed by atoms with Gasteiger partial charge in [-0.1, -0.05) is 0 Å². The van der Waals surface area contributed by atoms with E-state index in [1.807, 2.05) is 0 Å². The Hall–Kier alpha value is 0.0200. The molecule has 0 unspecified atom stereocenters. The van der Waals surface area contributed by atoms with E-state index in [0.29, 0.717) is 5.25 Å². The molecule has 34 valence electrons. The highest BCUT2D eigenvalue weighted by Crippen LogP contribution is 2.19. The van der Waals surface area contributed by atoms with Gasteiger partial charge in [-0.15, -0.1) is 0 Å². The van der Waals surface area contributed by atoms with Crippen molar-refractivity contribution in [1.82, 2.24) is 0 Å². The maximum atomic E-state index is 6.91. The smallest absolute Gasteiger partial charge is 0.0121 e. The molecular formula is C4H7NS. The highest BCUT2D eigenvalue weighted by atomic mass is 32.1. The van der Waals surface area contributed by atoms with Crippen LogP contribution < -0.4 is 0 Å². The van der Waals surface area contributed by atoms with Crippen molar-refractivity contribution in [3.8, 4) is 0 Å². The molecule has 0 aromatic carbocycles. The van der Waals surface area contributed by atoms with Gasteiger partial charge in [-0.3, -0.25) is 0 Å². The second-order valence-corrected chi connectivity index (χ2v) is 2.40. The van der Waals surface area contributed by atoms with Crippen molar-refractivity contribution in [1.29, 1.82) is 5.41 Å². The molecule has 0 aromatic rings. The summed E-state index contributed by atoms with van der Waals surface area (Å²) in [7, 11) is 0. The average Bonchev–Trinajstić information content (AvgIpc) is 1.33. The van der Waals surface area contributed by atoms with Crippen LogP contribution in [0.5, 0.6) is 0 Å². The van der Waals surface area contributed by atoms with Crippen molar-refractivity contribution < 1.29 is 0 Å². The van der Waals surface area contributed by atoms with Gasteiger partial charge in [0.25, 0.3) is 0 Å². The Morgan fingerprint density at radius 3 is 2.17 bits per heavy atom. The highest BCUT2D eigenvalue weighted by molar-refractivity contribution is 7.81. The first-order valence-corrected chi connectivity index (χ1v) is 2.55. The van der Waals surface area contributed by atoms with E-state index >= 15 is 0 Å². The van der Waals surface area contributed by atoms with Gasteiger partial charge >= 0.3 is 0 Å². The molecular weight excluding hydrogens is 94.1 g/mol. The summed E-state index contributed by atoms with van der Waals surface area (Å²) in [6, 6.07) is 0. The lowest BCUT2D eigenvalue weighted by Gasteiger charge is -2.20. The van der Waals surface area contributed by atoms with Gasteiger partial charge in [0.2, 0.25) is 0 Å². The van der Waals surface area contributed by atoms with Crippen molar-refractivity contribution >= 4 is 18.3 Å². The molecule has 0 amide bonds. The topological polar surface area (TPSA) is 23.9 Å². The largest absolute Gasteiger partial charge is 0.310 e. The first-order valence-electron chi connectivity index (χ1n) is 2.03. The van der Waals surface area contributed by atoms with Crippen molar-refractivity contribution in [2.24, 2.45) is 0 Å². The van der Waals surface area contributed by atoms with E-state index in [0.717, 1.165) is 18.6 Å². The van der Waals surface area contributed by atoms with Crippen molar-refractivity contribution in [2.45, 2.75) is 18.1 Å². The van der Waals surface area contributed by atoms with Crippen molar-refractivity contribution in [3.63, 3.8) is 0 Å². The summed E-state index contributed by atoms with van der Waals surface area (Å²) < 4.78 is 0. The Morgan fingerprint density at radius 2 is 2.17 bits per heavy atom. The Morgan fingerprint density at radius 1 is 1.67 bits per heavy atom. The van der Waals surface area contributed by atoms with E-state index in [4.69, 9.17) is 5.41 Å². The predicted molar refractivity (Wildman–Crippen MR) is 29.7 cm³/mol. The second-order valence-electron chi connectivity index (χ2n) is 1.67. The molecule has 1 fully saturated rings. The fourth-order valence-electron chi connectivity index (χ4n) is 0.509. The summed E-state index contributed by atoms with van der Waals surface area (Å²) in [6.07, 6.45) is 1.84. The molecule has 1 aliphatic carbocycles. The maximum absolute atomic E-state index is 6.91. The molecule has 0 heterocycles. The fraction of sp³-hybridized carbons (Fsp3) is 0.750. The lowest BCUT2D eigenvalue weighted by Crippen LogP contribution is -2.22. The molecule has 1 nitrogen and oxygen atoms in total. The zero-order valence-electron chi connectivity index (χ0n) is 3.44. The summed E-state index contributed by atoms with van der Waals surface area (Å²) in [6.45, 7) is 0. The molecule has 0 spiro atoms. The van der Waals surface area contributed by atoms with Crippen LogP contribution in [0.2, 0.25) is 0 Å². The quantitative estimate of drug-likeness (QED) is 0.427. The Balaban J connectivity index is 2.28. The molecule has 0 saturated heterocycles. The van der Waals surface area contributed by atoms with Crippen LogP contribution in [0.1, 0.15) is 12.8 Å². The van der Waals surface area contributed by atoms with Crippen LogP contribution in [-0.2, 0) is 0 Å². The van der Waals surface area contributed by atoms with Crippen molar-refractivity contribution in [2.75, 3.05) is 0 Å². The third-order valence-electron chi connectivity index (χ3n) is 0.964. The molecule has 0 bridgehead atoms. The number of thiol groups is 1. The first kappa shape index (κ1) is 4.19. The van der Waals surface area contributed by atoms with Crippen molar-refractivity contribution in [3.05, 3.63) is 0 Å². The monoisotopic (exact) mass is 101 g/mol. The molecule has 6 heavy (non-hydrogen) atoms. The minimum absolute atomic E-state index is 0.512. The standard InChI is InChI=1S/C4H7NS/c5-3-1-4(6)2-3/h4-6H,1-2H2. The zero-order valence-corrected chi connectivity index (χ0v) is 4.33. The minimum Gasteiger partial charge on any atom is -0.310 e. The predicted octanol–water partition coefficient (Wildman–Crippen LogP) is 1.10. The van der Waals surface area contributed by atoms with Gasteiger partial charge in [-0.2, -0.15) is 12.6 Å². The normalized spacial score (nSPS) is 32.8. The molecule has 1 N–H and O–H groups in total. The van der Waals surface area contributed by atoms with Crippen LogP contribution in [0.4, 0.5) is 0 Å². The number of hydrogen-bond acceptors (Lipinski definition) is 2. The van der Waals surface area contributed by atoms with E-state index in [9.17, 15) is 0 Å².